The number of hydrogen-bond donors (Lipinski definition) is 2. The number of carbonyl (C=O) groups excluding carboxylic acids is 1. The Morgan fingerprint density at radius 1 is 1.30 bits per heavy atom. The molecule has 20 heavy (non-hydrogen) atoms. The first-order valence-corrected chi connectivity index (χ1v) is 6.54. The molecule has 2 aromatic carbocycles. The van der Waals surface area contributed by atoms with Crippen LogP contribution in [0.2, 0.25) is 0 Å². The van der Waals surface area contributed by atoms with Crippen LogP contribution in [-0.2, 0) is 0 Å². The van der Waals surface area contributed by atoms with Crippen LogP contribution in [0.3, 0.4) is 0 Å². The quantitative estimate of drug-likeness (QED) is 0.822. The third-order valence-electron chi connectivity index (χ3n) is 3.50. The highest BCUT2D eigenvalue weighted by Gasteiger charge is 2.25. The maximum atomic E-state index is 12.3. The summed E-state index contributed by atoms with van der Waals surface area (Å²) in [7, 11) is 0. The SMILES string of the molecule is Cc1cc(N)ccc1C(=O)NC1COc2ccccc21. The highest BCUT2D eigenvalue weighted by Crippen LogP contribution is 2.31. The average molecular weight is 268 g/mol. The van der Waals surface area contributed by atoms with E-state index in [2.05, 4.69) is 5.32 Å². The first kappa shape index (κ1) is 12.5. The second-order valence-corrected chi connectivity index (χ2v) is 4.95. The second-order valence-electron chi connectivity index (χ2n) is 4.95. The zero-order valence-electron chi connectivity index (χ0n) is 11.2. The van der Waals surface area contributed by atoms with Gasteiger partial charge in [0.25, 0.3) is 5.91 Å². The maximum Gasteiger partial charge on any atom is 0.252 e. The van der Waals surface area contributed by atoms with Crippen molar-refractivity contribution in [3.8, 4) is 5.75 Å². The monoisotopic (exact) mass is 268 g/mol. The second kappa shape index (κ2) is 4.89. The van der Waals surface area contributed by atoms with Crippen LogP contribution in [0.4, 0.5) is 5.69 Å². The van der Waals surface area contributed by atoms with E-state index >= 15 is 0 Å². The zero-order valence-corrected chi connectivity index (χ0v) is 11.2. The summed E-state index contributed by atoms with van der Waals surface area (Å²) >= 11 is 0. The maximum absolute atomic E-state index is 12.3. The molecule has 1 heterocycles. The molecule has 0 spiro atoms. The number of ether oxygens (including phenoxy) is 1. The van der Waals surface area contributed by atoms with Crippen LogP contribution in [0.1, 0.15) is 27.5 Å². The Morgan fingerprint density at radius 3 is 2.90 bits per heavy atom. The summed E-state index contributed by atoms with van der Waals surface area (Å²) in [5.74, 6) is 0.736. The molecule has 1 atom stereocenters. The topological polar surface area (TPSA) is 64.4 Å². The number of carbonyl (C=O) groups is 1. The molecule has 0 fully saturated rings. The molecule has 0 aromatic heterocycles. The Morgan fingerprint density at radius 2 is 2.10 bits per heavy atom. The van der Waals surface area contributed by atoms with Crippen molar-refractivity contribution in [3.05, 3.63) is 59.2 Å². The predicted molar refractivity (Wildman–Crippen MR) is 77.7 cm³/mol. The highest BCUT2D eigenvalue weighted by atomic mass is 16.5. The van der Waals surface area contributed by atoms with Crippen LogP contribution < -0.4 is 15.8 Å². The first-order chi connectivity index (χ1) is 9.65. The molecule has 1 aliphatic heterocycles. The summed E-state index contributed by atoms with van der Waals surface area (Å²) in [5, 5.41) is 3.01. The van der Waals surface area contributed by atoms with Gasteiger partial charge in [0.05, 0.1) is 6.04 Å². The largest absolute Gasteiger partial charge is 0.491 e. The van der Waals surface area contributed by atoms with Gasteiger partial charge in [0, 0.05) is 16.8 Å². The molecule has 0 bridgehead atoms. The molecule has 1 aliphatic rings. The molecule has 1 unspecified atom stereocenters. The fourth-order valence-electron chi connectivity index (χ4n) is 2.46. The lowest BCUT2D eigenvalue weighted by Crippen LogP contribution is -2.29. The number of benzene rings is 2. The van der Waals surface area contributed by atoms with Crippen LogP contribution in [0, 0.1) is 6.92 Å². The van der Waals surface area contributed by atoms with Crippen LogP contribution in [-0.4, -0.2) is 12.5 Å². The number of hydrogen-bond acceptors (Lipinski definition) is 3. The van der Waals surface area contributed by atoms with Gasteiger partial charge in [-0.1, -0.05) is 18.2 Å². The average Bonchev–Trinajstić information content (AvgIpc) is 2.82. The molecule has 0 radical (unpaired) electrons. The first-order valence-electron chi connectivity index (χ1n) is 6.54. The molecule has 0 saturated carbocycles. The predicted octanol–water partition coefficient (Wildman–Crippen LogP) is 2.44. The number of nitrogen functional groups attached to an aromatic ring is 1. The van der Waals surface area contributed by atoms with Gasteiger partial charge in [0.15, 0.2) is 0 Å². The number of aryl methyl sites for hydroxylation is 1. The van der Waals surface area contributed by atoms with Crippen molar-refractivity contribution >= 4 is 11.6 Å². The number of anilines is 1. The third-order valence-corrected chi connectivity index (χ3v) is 3.50. The lowest BCUT2D eigenvalue weighted by molar-refractivity contribution is 0.0929. The minimum Gasteiger partial charge on any atom is -0.491 e. The summed E-state index contributed by atoms with van der Waals surface area (Å²) in [4.78, 5) is 12.3. The van der Waals surface area contributed by atoms with Gasteiger partial charge in [-0.15, -0.1) is 0 Å². The van der Waals surface area contributed by atoms with Gasteiger partial charge >= 0.3 is 0 Å². The van der Waals surface area contributed by atoms with Gasteiger partial charge in [0.1, 0.15) is 12.4 Å². The molecule has 3 rings (SSSR count). The molecule has 3 N–H and O–H groups in total. The van der Waals surface area contributed by atoms with Gasteiger partial charge in [0.2, 0.25) is 0 Å². The van der Waals surface area contributed by atoms with E-state index in [1.165, 1.54) is 0 Å². The van der Waals surface area contributed by atoms with E-state index in [9.17, 15) is 4.79 Å². The minimum absolute atomic E-state index is 0.101. The molecule has 4 nitrogen and oxygen atoms in total. The number of amides is 1. The minimum atomic E-state index is -0.104. The van der Waals surface area contributed by atoms with Crippen molar-refractivity contribution < 1.29 is 9.53 Å². The summed E-state index contributed by atoms with van der Waals surface area (Å²) < 4.78 is 5.56. The van der Waals surface area contributed by atoms with Gasteiger partial charge < -0.3 is 15.8 Å². The van der Waals surface area contributed by atoms with Crippen molar-refractivity contribution in [2.75, 3.05) is 12.3 Å². The fourth-order valence-corrected chi connectivity index (χ4v) is 2.46. The van der Waals surface area contributed by atoms with E-state index in [1.807, 2.05) is 31.2 Å². The standard InChI is InChI=1S/C16H16N2O2/c1-10-8-11(17)6-7-12(10)16(19)18-14-9-20-15-5-3-2-4-13(14)15/h2-8,14H,9,17H2,1H3,(H,18,19). The fraction of sp³-hybridized carbons (Fsp3) is 0.188. The Balaban J connectivity index is 1.81. The number of nitrogens with two attached hydrogens (primary N) is 1. The van der Waals surface area contributed by atoms with Gasteiger partial charge in [-0.3, -0.25) is 4.79 Å². The van der Waals surface area contributed by atoms with E-state index in [0.717, 1.165) is 16.9 Å². The van der Waals surface area contributed by atoms with Crippen molar-refractivity contribution in [2.24, 2.45) is 0 Å². The van der Waals surface area contributed by atoms with Crippen molar-refractivity contribution in [1.29, 1.82) is 0 Å². The Hall–Kier alpha value is -2.49. The van der Waals surface area contributed by atoms with Crippen LogP contribution >= 0.6 is 0 Å². The lowest BCUT2D eigenvalue weighted by atomic mass is 10.1. The zero-order chi connectivity index (χ0) is 14.1. The molecule has 0 saturated heterocycles. The van der Waals surface area contributed by atoms with E-state index < -0.39 is 0 Å². The van der Waals surface area contributed by atoms with Crippen LogP contribution in [0.15, 0.2) is 42.5 Å². The molecule has 4 heteroatoms. The van der Waals surface area contributed by atoms with Crippen molar-refractivity contribution in [1.82, 2.24) is 5.32 Å². The molecule has 102 valence electrons. The molecular formula is C16H16N2O2. The lowest BCUT2D eigenvalue weighted by Gasteiger charge is -2.13. The van der Waals surface area contributed by atoms with Gasteiger partial charge in [-0.05, 0) is 36.8 Å². The Bertz CT molecular complexity index is 667. The molecule has 1 amide bonds. The number of rotatable bonds is 2. The van der Waals surface area contributed by atoms with E-state index in [4.69, 9.17) is 10.5 Å². The third kappa shape index (κ3) is 2.20. The molecular weight excluding hydrogens is 252 g/mol. The van der Waals surface area contributed by atoms with Gasteiger partial charge in [-0.25, -0.2) is 0 Å². The van der Waals surface area contributed by atoms with Crippen molar-refractivity contribution in [3.63, 3.8) is 0 Å². The Kier molecular flexibility index (Phi) is 3.06. The summed E-state index contributed by atoms with van der Waals surface area (Å²) in [5.41, 5.74) is 8.90. The van der Waals surface area contributed by atoms with E-state index in [1.54, 1.807) is 18.2 Å². The van der Waals surface area contributed by atoms with Crippen LogP contribution in [0.25, 0.3) is 0 Å². The Labute approximate surface area is 117 Å². The van der Waals surface area contributed by atoms with Crippen molar-refractivity contribution in [2.45, 2.75) is 13.0 Å². The summed E-state index contributed by atoms with van der Waals surface area (Å²) in [6, 6.07) is 12.9. The summed E-state index contributed by atoms with van der Waals surface area (Å²) in [6.07, 6.45) is 0. The smallest absolute Gasteiger partial charge is 0.252 e. The summed E-state index contributed by atoms with van der Waals surface area (Å²) in [6.45, 7) is 2.35. The molecule has 2 aromatic rings. The van der Waals surface area contributed by atoms with E-state index in [-0.39, 0.29) is 11.9 Å². The molecule has 0 aliphatic carbocycles. The number of nitrogens with one attached hydrogen (secondary N) is 1. The van der Waals surface area contributed by atoms with E-state index in [0.29, 0.717) is 17.9 Å². The normalized spacial score (nSPS) is 16.4. The number of para-hydroxylation sites is 1. The van der Waals surface area contributed by atoms with Crippen LogP contribution in [0.5, 0.6) is 5.75 Å². The van der Waals surface area contributed by atoms with Gasteiger partial charge in [-0.2, -0.15) is 0 Å². The number of fused-ring (bicyclic) bond motifs is 1. The highest BCUT2D eigenvalue weighted by molar-refractivity contribution is 5.96.